The Morgan fingerprint density at radius 2 is 2.24 bits per heavy atom. The van der Waals surface area contributed by atoms with Crippen LogP contribution in [0.1, 0.15) is 28.7 Å². The molecule has 0 aliphatic rings. The lowest BCUT2D eigenvalue weighted by Gasteiger charge is -2.06. The van der Waals surface area contributed by atoms with E-state index in [0.717, 1.165) is 0 Å². The summed E-state index contributed by atoms with van der Waals surface area (Å²) in [5.74, 6) is -0.116. The first-order valence-corrected chi connectivity index (χ1v) is 5.45. The van der Waals surface area contributed by atoms with Crippen molar-refractivity contribution >= 4 is 5.78 Å². The van der Waals surface area contributed by atoms with Crippen molar-refractivity contribution in [3.63, 3.8) is 0 Å². The predicted molar refractivity (Wildman–Crippen MR) is 62.5 cm³/mol. The molecule has 1 heterocycles. The van der Waals surface area contributed by atoms with Gasteiger partial charge in [-0.1, -0.05) is 0 Å². The Bertz CT molecular complexity index is 560. The minimum atomic E-state index is -0.335. The number of rotatable bonds is 3. The summed E-state index contributed by atoms with van der Waals surface area (Å²) in [6.07, 6.45) is 3.35. The number of ketones is 1. The molecule has 2 aromatic rings. The summed E-state index contributed by atoms with van der Waals surface area (Å²) in [4.78, 5) is 16.3. The normalized spacial score (nSPS) is 10.5. The highest BCUT2D eigenvalue weighted by molar-refractivity contribution is 6.07. The van der Waals surface area contributed by atoms with Crippen molar-refractivity contribution in [3.05, 3.63) is 53.4 Å². The second kappa shape index (κ2) is 4.49. The third-order valence-electron chi connectivity index (χ3n) is 2.69. The quantitative estimate of drug-likeness (QED) is 0.762. The molecule has 0 N–H and O–H groups in total. The van der Waals surface area contributed by atoms with E-state index in [-0.39, 0.29) is 11.6 Å². The molecule has 0 spiro atoms. The highest BCUT2D eigenvalue weighted by atomic mass is 19.1. The predicted octanol–water partition coefficient (Wildman–Crippen LogP) is 2.58. The van der Waals surface area contributed by atoms with E-state index in [2.05, 4.69) is 4.98 Å². The Morgan fingerprint density at radius 3 is 2.88 bits per heavy atom. The van der Waals surface area contributed by atoms with Gasteiger partial charge >= 0.3 is 0 Å². The van der Waals surface area contributed by atoms with Crippen LogP contribution in [-0.4, -0.2) is 15.3 Å². The van der Waals surface area contributed by atoms with E-state index in [0.29, 0.717) is 23.5 Å². The van der Waals surface area contributed by atoms with Gasteiger partial charge in [0.05, 0.1) is 0 Å². The minimum absolute atomic E-state index is 0.172. The summed E-state index contributed by atoms with van der Waals surface area (Å²) >= 11 is 0. The second-order valence-corrected chi connectivity index (χ2v) is 3.83. The third kappa shape index (κ3) is 2.11. The van der Waals surface area contributed by atoms with Crippen molar-refractivity contribution in [2.45, 2.75) is 20.4 Å². The summed E-state index contributed by atoms with van der Waals surface area (Å²) in [7, 11) is 0. The number of aromatic nitrogens is 2. The SMILES string of the molecule is CCn1ccnc1C(=O)c1ccc(F)cc1C. The number of halogens is 1. The molecule has 0 fully saturated rings. The zero-order valence-corrected chi connectivity index (χ0v) is 9.77. The van der Waals surface area contributed by atoms with Crippen LogP contribution < -0.4 is 0 Å². The fraction of sp³-hybridized carbons (Fsp3) is 0.231. The lowest BCUT2D eigenvalue weighted by molar-refractivity contribution is 0.102. The molecule has 3 nitrogen and oxygen atoms in total. The Kier molecular flexibility index (Phi) is 3.04. The minimum Gasteiger partial charge on any atom is -0.328 e. The van der Waals surface area contributed by atoms with Crippen LogP contribution in [0.4, 0.5) is 4.39 Å². The van der Waals surface area contributed by atoms with Crippen LogP contribution in [0.15, 0.2) is 30.6 Å². The molecule has 2 rings (SSSR count). The first-order chi connectivity index (χ1) is 8.13. The van der Waals surface area contributed by atoms with E-state index in [1.807, 2.05) is 6.92 Å². The lowest BCUT2D eigenvalue weighted by atomic mass is 10.0. The molecule has 1 aromatic carbocycles. The summed E-state index contributed by atoms with van der Waals surface area (Å²) < 4.78 is 14.7. The van der Waals surface area contributed by atoms with E-state index < -0.39 is 0 Å². The maximum absolute atomic E-state index is 13.0. The number of carbonyl (C=O) groups is 1. The van der Waals surface area contributed by atoms with Gasteiger partial charge in [0.15, 0.2) is 5.82 Å². The van der Waals surface area contributed by atoms with Crippen LogP contribution in [0.3, 0.4) is 0 Å². The van der Waals surface area contributed by atoms with Crippen molar-refractivity contribution in [1.29, 1.82) is 0 Å². The van der Waals surface area contributed by atoms with Crippen molar-refractivity contribution < 1.29 is 9.18 Å². The van der Waals surface area contributed by atoms with Crippen LogP contribution in [-0.2, 0) is 6.54 Å². The lowest BCUT2D eigenvalue weighted by Crippen LogP contribution is -2.11. The van der Waals surface area contributed by atoms with Gasteiger partial charge in [-0.15, -0.1) is 0 Å². The van der Waals surface area contributed by atoms with Gasteiger partial charge in [0.1, 0.15) is 5.82 Å². The molecule has 0 unspecified atom stereocenters. The highest BCUT2D eigenvalue weighted by Crippen LogP contribution is 2.14. The maximum Gasteiger partial charge on any atom is 0.228 e. The van der Waals surface area contributed by atoms with Crippen molar-refractivity contribution in [2.75, 3.05) is 0 Å². The highest BCUT2D eigenvalue weighted by Gasteiger charge is 2.16. The monoisotopic (exact) mass is 232 g/mol. The number of imidazole rings is 1. The fourth-order valence-corrected chi connectivity index (χ4v) is 1.78. The Morgan fingerprint density at radius 1 is 1.47 bits per heavy atom. The molecule has 0 bridgehead atoms. The Hall–Kier alpha value is -1.97. The molecule has 1 aromatic heterocycles. The summed E-state index contributed by atoms with van der Waals surface area (Å²) in [5, 5.41) is 0. The molecule has 0 atom stereocenters. The topological polar surface area (TPSA) is 34.9 Å². The van der Waals surface area contributed by atoms with Crippen LogP contribution in [0, 0.1) is 12.7 Å². The molecule has 0 amide bonds. The first kappa shape index (κ1) is 11.5. The van der Waals surface area contributed by atoms with Crippen LogP contribution in [0.5, 0.6) is 0 Å². The van der Waals surface area contributed by atoms with Gasteiger partial charge in [0.2, 0.25) is 5.78 Å². The fourth-order valence-electron chi connectivity index (χ4n) is 1.78. The molecule has 0 radical (unpaired) electrons. The third-order valence-corrected chi connectivity index (χ3v) is 2.69. The van der Waals surface area contributed by atoms with Gasteiger partial charge in [0, 0.05) is 24.5 Å². The molecular weight excluding hydrogens is 219 g/mol. The number of hydrogen-bond acceptors (Lipinski definition) is 2. The van der Waals surface area contributed by atoms with E-state index in [4.69, 9.17) is 0 Å². The van der Waals surface area contributed by atoms with E-state index >= 15 is 0 Å². The van der Waals surface area contributed by atoms with Crippen LogP contribution in [0.2, 0.25) is 0 Å². The standard InChI is InChI=1S/C13H13FN2O/c1-3-16-7-6-15-13(16)12(17)11-5-4-10(14)8-9(11)2/h4-8H,3H2,1-2H3. The van der Waals surface area contributed by atoms with Gasteiger partial charge in [0.25, 0.3) is 0 Å². The Balaban J connectivity index is 2.44. The summed E-state index contributed by atoms with van der Waals surface area (Å²) in [6, 6.07) is 4.15. The molecule has 17 heavy (non-hydrogen) atoms. The largest absolute Gasteiger partial charge is 0.328 e. The van der Waals surface area contributed by atoms with E-state index in [1.165, 1.54) is 18.2 Å². The summed E-state index contributed by atoms with van der Waals surface area (Å²) in [5.41, 5.74) is 1.12. The molecule has 0 aliphatic heterocycles. The van der Waals surface area contributed by atoms with Gasteiger partial charge in [-0.05, 0) is 37.6 Å². The van der Waals surface area contributed by atoms with Gasteiger partial charge < -0.3 is 4.57 Å². The van der Waals surface area contributed by atoms with Crippen LogP contribution in [0.25, 0.3) is 0 Å². The van der Waals surface area contributed by atoms with Crippen molar-refractivity contribution in [3.8, 4) is 0 Å². The number of hydrogen-bond donors (Lipinski definition) is 0. The molecule has 0 saturated carbocycles. The average Bonchev–Trinajstić information content (AvgIpc) is 2.76. The zero-order chi connectivity index (χ0) is 12.4. The van der Waals surface area contributed by atoms with Crippen molar-refractivity contribution in [1.82, 2.24) is 9.55 Å². The van der Waals surface area contributed by atoms with E-state index in [9.17, 15) is 9.18 Å². The number of carbonyl (C=O) groups excluding carboxylic acids is 1. The molecule has 0 aliphatic carbocycles. The summed E-state index contributed by atoms with van der Waals surface area (Å²) in [6.45, 7) is 4.34. The molecule has 0 saturated heterocycles. The molecular formula is C13H13FN2O. The zero-order valence-electron chi connectivity index (χ0n) is 9.77. The van der Waals surface area contributed by atoms with Crippen molar-refractivity contribution in [2.24, 2.45) is 0 Å². The smallest absolute Gasteiger partial charge is 0.228 e. The second-order valence-electron chi connectivity index (χ2n) is 3.83. The van der Waals surface area contributed by atoms with Crippen LogP contribution >= 0.6 is 0 Å². The molecule has 88 valence electrons. The Labute approximate surface area is 98.9 Å². The maximum atomic E-state index is 13.0. The van der Waals surface area contributed by atoms with Gasteiger partial charge in [-0.2, -0.15) is 0 Å². The van der Waals surface area contributed by atoms with Gasteiger partial charge in [-0.3, -0.25) is 4.79 Å². The number of benzene rings is 1. The number of nitrogens with zero attached hydrogens (tertiary/aromatic N) is 2. The van der Waals surface area contributed by atoms with Gasteiger partial charge in [-0.25, -0.2) is 9.37 Å². The van der Waals surface area contributed by atoms with E-state index in [1.54, 1.807) is 23.9 Å². The number of aryl methyl sites for hydroxylation is 2. The average molecular weight is 232 g/mol. The first-order valence-electron chi connectivity index (χ1n) is 5.45. The molecule has 4 heteroatoms.